The van der Waals surface area contributed by atoms with Gasteiger partial charge >= 0.3 is 0 Å². The third kappa shape index (κ3) is 5.58. The van der Waals surface area contributed by atoms with Crippen LogP contribution in [0.1, 0.15) is 40.5 Å². The van der Waals surface area contributed by atoms with E-state index in [1.807, 2.05) is 45.0 Å². The highest BCUT2D eigenvalue weighted by atomic mass is 16.5. The van der Waals surface area contributed by atoms with E-state index in [0.717, 1.165) is 18.5 Å². The van der Waals surface area contributed by atoms with Gasteiger partial charge in [0.15, 0.2) is 0 Å². The standard InChI is InChI=1S/C18H28N2O3/c1-5-15(6-2)18(22)19-12-13-20(14(4)21)16-10-8-9-11-17(16)23-7-3/h8-11,15H,5-7,12-13H2,1-4H3,(H,19,22). The Morgan fingerprint density at radius 1 is 1.17 bits per heavy atom. The quantitative estimate of drug-likeness (QED) is 0.761. The first-order valence-corrected chi connectivity index (χ1v) is 8.32. The number of nitrogens with zero attached hydrogens (tertiary/aromatic N) is 1. The van der Waals surface area contributed by atoms with Gasteiger partial charge in [-0.1, -0.05) is 26.0 Å². The van der Waals surface area contributed by atoms with Crippen LogP contribution in [0.25, 0.3) is 0 Å². The second-order valence-electron chi connectivity index (χ2n) is 5.38. The van der Waals surface area contributed by atoms with Crippen LogP contribution in [-0.2, 0) is 9.59 Å². The molecule has 0 fully saturated rings. The van der Waals surface area contributed by atoms with E-state index in [1.54, 1.807) is 4.90 Å². The van der Waals surface area contributed by atoms with Crippen LogP contribution in [0.5, 0.6) is 5.75 Å². The van der Waals surface area contributed by atoms with E-state index in [4.69, 9.17) is 4.74 Å². The molecule has 0 atom stereocenters. The number of para-hydroxylation sites is 2. The fourth-order valence-electron chi connectivity index (χ4n) is 2.50. The van der Waals surface area contributed by atoms with Gasteiger partial charge < -0.3 is 15.0 Å². The fourth-order valence-corrected chi connectivity index (χ4v) is 2.50. The Hall–Kier alpha value is -2.04. The Morgan fingerprint density at radius 3 is 2.39 bits per heavy atom. The van der Waals surface area contributed by atoms with Crippen LogP contribution in [0.2, 0.25) is 0 Å². The molecule has 0 saturated carbocycles. The molecule has 0 spiro atoms. The highest BCUT2D eigenvalue weighted by Crippen LogP contribution is 2.27. The number of benzene rings is 1. The van der Waals surface area contributed by atoms with Crippen molar-refractivity contribution in [1.82, 2.24) is 5.32 Å². The van der Waals surface area contributed by atoms with Crippen LogP contribution in [0.15, 0.2) is 24.3 Å². The molecule has 0 radical (unpaired) electrons. The van der Waals surface area contributed by atoms with Crippen molar-refractivity contribution in [3.05, 3.63) is 24.3 Å². The minimum atomic E-state index is -0.0751. The lowest BCUT2D eigenvalue weighted by Gasteiger charge is -2.24. The average Bonchev–Trinajstić information content (AvgIpc) is 2.53. The van der Waals surface area contributed by atoms with Crippen LogP contribution in [0.3, 0.4) is 0 Å². The highest BCUT2D eigenvalue weighted by molar-refractivity contribution is 5.93. The van der Waals surface area contributed by atoms with Crippen LogP contribution < -0.4 is 15.0 Å². The van der Waals surface area contributed by atoms with Gasteiger partial charge in [0, 0.05) is 25.9 Å². The van der Waals surface area contributed by atoms with Crippen LogP contribution >= 0.6 is 0 Å². The maximum atomic E-state index is 12.0. The van der Waals surface area contributed by atoms with Gasteiger partial charge in [0.25, 0.3) is 0 Å². The molecule has 5 heteroatoms. The number of anilines is 1. The third-order valence-corrected chi connectivity index (χ3v) is 3.83. The zero-order chi connectivity index (χ0) is 17.2. The van der Waals surface area contributed by atoms with E-state index in [2.05, 4.69) is 5.32 Å². The van der Waals surface area contributed by atoms with Crippen molar-refractivity contribution in [1.29, 1.82) is 0 Å². The molecule has 0 aliphatic rings. The number of carbonyl (C=O) groups excluding carboxylic acids is 2. The molecule has 0 saturated heterocycles. The zero-order valence-corrected chi connectivity index (χ0v) is 14.6. The highest BCUT2D eigenvalue weighted by Gasteiger charge is 2.17. The van der Waals surface area contributed by atoms with Gasteiger partial charge in [0.2, 0.25) is 11.8 Å². The van der Waals surface area contributed by atoms with Gasteiger partial charge in [0.05, 0.1) is 12.3 Å². The second kappa shape index (κ2) is 9.87. The molecule has 0 aliphatic carbocycles. The van der Waals surface area contributed by atoms with Gasteiger partial charge in [-0.25, -0.2) is 0 Å². The average molecular weight is 320 g/mol. The summed E-state index contributed by atoms with van der Waals surface area (Å²) < 4.78 is 5.59. The predicted molar refractivity (Wildman–Crippen MR) is 92.7 cm³/mol. The topological polar surface area (TPSA) is 58.6 Å². The molecular formula is C18H28N2O3. The van der Waals surface area contributed by atoms with Crippen molar-refractivity contribution < 1.29 is 14.3 Å². The van der Waals surface area contributed by atoms with Gasteiger partial charge in [-0.05, 0) is 31.9 Å². The summed E-state index contributed by atoms with van der Waals surface area (Å²) in [7, 11) is 0. The van der Waals surface area contributed by atoms with E-state index >= 15 is 0 Å². The molecule has 0 unspecified atom stereocenters. The van der Waals surface area contributed by atoms with E-state index in [-0.39, 0.29) is 17.7 Å². The zero-order valence-electron chi connectivity index (χ0n) is 14.6. The Bertz CT molecular complexity index is 513. The Labute approximate surface area is 139 Å². The Kier molecular flexibility index (Phi) is 8.16. The van der Waals surface area contributed by atoms with Gasteiger partial charge in [-0.2, -0.15) is 0 Å². The normalized spacial score (nSPS) is 10.5. The van der Waals surface area contributed by atoms with E-state index < -0.39 is 0 Å². The molecule has 23 heavy (non-hydrogen) atoms. The molecule has 128 valence electrons. The summed E-state index contributed by atoms with van der Waals surface area (Å²) in [5.74, 6) is 0.693. The van der Waals surface area contributed by atoms with Crippen molar-refractivity contribution in [2.75, 3.05) is 24.6 Å². The lowest BCUT2D eigenvalue weighted by molar-refractivity contribution is -0.125. The maximum Gasteiger partial charge on any atom is 0.224 e. The summed E-state index contributed by atoms with van der Waals surface area (Å²) in [6, 6.07) is 7.45. The maximum absolute atomic E-state index is 12.0. The molecule has 2 amide bonds. The number of hydrogen-bond donors (Lipinski definition) is 1. The number of rotatable bonds is 9. The van der Waals surface area contributed by atoms with Gasteiger partial charge in [0.1, 0.15) is 5.75 Å². The van der Waals surface area contributed by atoms with Crippen LogP contribution in [0, 0.1) is 5.92 Å². The third-order valence-electron chi connectivity index (χ3n) is 3.83. The van der Waals surface area contributed by atoms with E-state index in [1.165, 1.54) is 6.92 Å². The summed E-state index contributed by atoms with van der Waals surface area (Å²) in [6.45, 7) is 8.83. The lowest BCUT2D eigenvalue weighted by Crippen LogP contribution is -2.39. The first-order valence-electron chi connectivity index (χ1n) is 8.32. The van der Waals surface area contributed by atoms with E-state index in [9.17, 15) is 9.59 Å². The summed E-state index contributed by atoms with van der Waals surface area (Å²) in [6.07, 6.45) is 1.65. The molecule has 0 aliphatic heterocycles. The summed E-state index contributed by atoms with van der Waals surface area (Å²) in [4.78, 5) is 25.6. The number of amides is 2. The summed E-state index contributed by atoms with van der Waals surface area (Å²) in [5, 5.41) is 2.92. The first-order chi connectivity index (χ1) is 11.0. The molecule has 1 N–H and O–H groups in total. The fraction of sp³-hybridized carbons (Fsp3) is 0.556. The molecular weight excluding hydrogens is 292 g/mol. The smallest absolute Gasteiger partial charge is 0.224 e. The van der Waals surface area contributed by atoms with Crippen LogP contribution in [-0.4, -0.2) is 31.5 Å². The molecule has 1 aromatic carbocycles. The SMILES string of the molecule is CCOc1ccccc1N(CCNC(=O)C(CC)CC)C(C)=O. The molecule has 0 heterocycles. The van der Waals surface area contributed by atoms with Crippen molar-refractivity contribution >= 4 is 17.5 Å². The molecule has 1 rings (SSSR count). The minimum absolute atomic E-state index is 0.0384. The van der Waals surface area contributed by atoms with Crippen LogP contribution in [0.4, 0.5) is 5.69 Å². The molecule has 0 bridgehead atoms. The largest absolute Gasteiger partial charge is 0.492 e. The van der Waals surface area contributed by atoms with Crippen molar-refractivity contribution in [2.24, 2.45) is 5.92 Å². The summed E-state index contributed by atoms with van der Waals surface area (Å²) in [5.41, 5.74) is 0.735. The minimum Gasteiger partial charge on any atom is -0.492 e. The van der Waals surface area contributed by atoms with Crippen molar-refractivity contribution in [2.45, 2.75) is 40.5 Å². The summed E-state index contributed by atoms with van der Waals surface area (Å²) >= 11 is 0. The van der Waals surface area contributed by atoms with Crippen molar-refractivity contribution in [3.8, 4) is 5.75 Å². The van der Waals surface area contributed by atoms with E-state index in [0.29, 0.717) is 25.4 Å². The Balaban J connectivity index is 2.74. The monoisotopic (exact) mass is 320 g/mol. The molecule has 0 aromatic heterocycles. The first kappa shape index (κ1) is 19.0. The Morgan fingerprint density at radius 2 is 1.83 bits per heavy atom. The van der Waals surface area contributed by atoms with Gasteiger partial charge in [-0.3, -0.25) is 9.59 Å². The number of hydrogen-bond acceptors (Lipinski definition) is 3. The number of nitrogens with one attached hydrogen (secondary N) is 1. The van der Waals surface area contributed by atoms with Crippen molar-refractivity contribution in [3.63, 3.8) is 0 Å². The number of carbonyl (C=O) groups is 2. The second-order valence-corrected chi connectivity index (χ2v) is 5.38. The van der Waals surface area contributed by atoms with Gasteiger partial charge in [-0.15, -0.1) is 0 Å². The predicted octanol–water partition coefficient (Wildman–Crippen LogP) is 2.99. The number of ether oxygens (including phenoxy) is 1. The lowest BCUT2D eigenvalue weighted by atomic mass is 10.0. The molecule has 1 aromatic rings. The molecule has 5 nitrogen and oxygen atoms in total.